The summed E-state index contributed by atoms with van der Waals surface area (Å²) >= 11 is 0. The summed E-state index contributed by atoms with van der Waals surface area (Å²) in [5.41, 5.74) is 0. The quantitative estimate of drug-likeness (QED) is 0.156. The average molecular weight is 688 g/mol. The van der Waals surface area contributed by atoms with Gasteiger partial charge < -0.3 is 57.4 Å². The van der Waals surface area contributed by atoms with Crippen molar-refractivity contribution in [2.75, 3.05) is 38.2 Å². The largest absolute Gasteiger partial charge is 2.00 e. The smallest absolute Gasteiger partial charge is 0.810 e. The first-order valence-electron chi connectivity index (χ1n) is 5.87. The van der Waals surface area contributed by atoms with Gasteiger partial charge in [0.1, 0.15) is 7.60 Å². The molecule has 0 saturated carbocycles. The van der Waals surface area contributed by atoms with E-state index < -0.39 is 68.6 Å². The molecular weight excluding hydrogens is 675 g/mol. The molecule has 0 aliphatic carbocycles. The number of nitrogens with zero attached hydrogens (tertiary/aromatic N) is 2. The minimum atomic E-state index is -5.29. The molecule has 30 heavy (non-hydrogen) atoms. The van der Waals surface area contributed by atoms with E-state index in [-0.39, 0.29) is 274 Å². The van der Waals surface area contributed by atoms with Crippen molar-refractivity contribution in [2.45, 2.75) is 0 Å². The standard InChI is InChI=1S/C6H20N2O12P4.Cu.5K/c9-21(10,11)3-7(4-22(12,13)14)1-2-8(5-23(15,16)17)6-24(18,19)20;;;;;;/h1-6H2,(H2,9,10,11)(H2,12,13,14)(H2,15,16,17)(H2,18,19,20);;;;;;/q;+2;5*+1/p-7. The van der Waals surface area contributed by atoms with Gasteiger partial charge in [-0.1, -0.05) is 22.8 Å². The van der Waals surface area contributed by atoms with Crippen LogP contribution >= 0.6 is 30.4 Å². The number of hydrogen-bond acceptors (Lipinski definition) is 13. The van der Waals surface area contributed by atoms with Gasteiger partial charge in [-0.2, -0.15) is 0 Å². The van der Waals surface area contributed by atoms with Crippen molar-refractivity contribution < 1.29 is 331 Å². The molecular formula is C6H13CuK5N2O12P4. The van der Waals surface area contributed by atoms with E-state index >= 15 is 0 Å². The maximum absolute atomic E-state index is 10.8. The zero-order valence-electron chi connectivity index (χ0n) is 17.2. The zero-order valence-corrected chi connectivity index (χ0v) is 37.3. The Bertz CT molecular complexity index is 512. The van der Waals surface area contributed by atoms with Crippen LogP contribution in [0.1, 0.15) is 0 Å². The van der Waals surface area contributed by atoms with Crippen LogP contribution in [-0.2, 0) is 35.3 Å². The summed E-state index contributed by atoms with van der Waals surface area (Å²) in [5.74, 6) is 0. The minimum Gasteiger partial charge on any atom is -0.810 e. The van der Waals surface area contributed by atoms with Crippen molar-refractivity contribution in [1.29, 1.82) is 0 Å². The summed E-state index contributed by atoms with van der Waals surface area (Å²) in [5, 5.41) is 0. The molecule has 0 aromatic carbocycles. The van der Waals surface area contributed by atoms with Crippen LogP contribution in [0.5, 0.6) is 0 Å². The SMILES string of the molecule is O=P([O-])([O-])CN(CCN(CP(=O)([O-])[O-])CP(=O)([O-])O)CP(=O)([O-])[O-].[Cu+2].[K+].[K+].[K+].[K+].[K+]. The third-order valence-corrected chi connectivity index (χ3v) is 5.23. The second kappa shape index (κ2) is 25.9. The molecule has 0 bridgehead atoms. The Morgan fingerprint density at radius 3 is 0.900 bits per heavy atom. The predicted octanol–water partition coefficient (Wildman–Crippen LogP) is -21.3. The third kappa shape index (κ3) is 41.7. The molecule has 0 fully saturated rings. The Balaban J connectivity index is -0.000000176. The number of hydrogen-bond donors (Lipinski definition) is 1. The van der Waals surface area contributed by atoms with Crippen LogP contribution in [0.2, 0.25) is 0 Å². The van der Waals surface area contributed by atoms with Crippen molar-refractivity contribution in [1.82, 2.24) is 9.80 Å². The van der Waals surface area contributed by atoms with Crippen LogP contribution in [0.4, 0.5) is 0 Å². The Morgan fingerprint density at radius 1 is 0.533 bits per heavy atom. The molecule has 1 radical (unpaired) electrons. The van der Waals surface area contributed by atoms with Crippen LogP contribution in [0, 0.1) is 0 Å². The van der Waals surface area contributed by atoms with Gasteiger partial charge in [0.25, 0.3) is 0 Å². The molecule has 0 aromatic heterocycles. The van der Waals surface area contributed by atoms with Crippen LogP contribution < -0.4 is 291 Å². The van der Waals surface area contributed by atoms with E-state index in [0.717, 1.165) is 0 Å². The molecule has 0 aliphatic rings. The fourth-order valence-electron chi connectivity index (χ4n) is 1.64. The molecule has 0 aromatic rings. The normalized spacial score (nSPS) is 13.3. The summed E-state index contributed by atoms with van der Waals surface area (Å²) in [6.07, 6.45) is -5.45. The van der Waals surface area contributed by atoms with Gasteiger partial charge in [0.15, 0.2) is 0 Å². The molecule has 155 valence electrons. The van der Waals surface area contributed by atoms with E-state index in [1.54, 1.807) is 0 Å². The van der Waals surface area contributed by atoms with Gasteiger partial charge in [-0.3, -0.25) is 9.80 Å². The molecule has 1 unspecified atom stereocenters. The van der Waals surface area contributed by atoms with Crippen LogP contribution in [0.25, 0.3) is 0 Å². The van der Waals surface area contributed by atoms with Gasteiger partial charge in [-0.05, 0) is 0 Å². The molecule has 0 aliphatic heterocycles. The van der Waals surface area contributed by atoms with E-state index in [9.17, 15) is 52.5 Å². The second-order valence-corrected chi connectivity index (χ2v) is 10.9. The van der Waals surface area contributed by atoms with Crippen molar-refractivity contribution in [3.63, 3.8) is 0 Å². The molecule has 0 amide bonds. The van der Waals surface area contributed by atoms with Crippen LogP contribution in [0.15, 0.2) is 0 Å². The Hall–Kier alpha value is 9.22. The predicted molar refractivity (Wildman–Crippen MR) is 65.5 cm³/mol. The summed E-state index contributed by atoms with van der Waals surface area (Å²) in [7, 11) is -20.9. The monoisotopic (exact) mass is 687 g/mol. The van der Waals surface area contributed by atoms with Crippen molar-refractivity contribution in [2.24, 2.45) is 0 Å². The maximum Gasteiger partial charge on any atom is 2.00 e. The zero-order chi connectivity index (χ0) is 19.4. The van der Waals surface area contributed by atoms with Crippen molar-refractivity contribution >= 4 is 30.4 Å². The fourth-order valence-corrected chi connectivity index (χ4v) is 4.90. The first-order valence-corrected chi connectivity index (χ1v) is 12.8. The molecule has 0 spiro atoms. The topological polar surface area (TPSA) is 256 Å². The van der Waals surface area contributed by atoms with E-state index in [1.165, 1.54) is 0 Å². The third-order valence-electron chi connectivity index (χ3n) is 2.23. The van der Waals surface area contributed by atoms with Crippen molar-refractivity contribution in [3.8, 4) is 0 Å². The molecule has 24 heteroatoms. The molecule has 0 saturated heterocycles. The van der Waals surface area contributed by atoms with E-state index in [1.807, 2.05) is 0 Å². The maximum atomic E-state index is 10.8. The summed E-state index contributed by atoms with van der Waals surface area (Å²) in [6, 6.07) is 0. The van der Waals surface area contributed by atoms with Gasteiger partial charge in [-0.25, -0.2) is 0 Å². The van der Waals surface area contributed by atoms with Gasteiger partial charge in [0.2, 0.25) is 0 Å². The molecule has 1 atom stereocenters. The molecule has 1 N–H and O–H groups in total. The van der Waals surface area contributed by atoms with Gasteiger partial charge >= 0.3 is 274 Å². The van der Waals surface area contributed by atoms with Gasteiger partial charge in [-0.15, -0.1) is 0 Å². The first kappa shape index (κ1) is 55.2. The van der Waals surface area contributed by atoms with E-state index in [0.29, 0.717) is 9.80 Å². The van der Waals surface area contributed by atoms with Crippen LogP contribution in [-0.4, -0.2) is 52.9 Å². The minimum absolute atomic E-state index is 0. The van der Waals surface area contributed by atoms with E-state index in [2.05, 4.69) is 0 Å². The van der Waals surface area contributed by atoms with E-state index in [4.69, 9.17) is 4.89 Å². The summed E-state index contributed by atoms with van der Waals surface area (Å²) in [6.45, 7) is -1.48. The average Bonchev–Trinajstić information content (AvgIpc) is 2.16. The van der Waals surface area contributed by atoms with Gasteiger partial charge in [0.05, 0.1) is 6.29 Å². The summed E-state index contributed by atoms with van der Waals surface area (Å²) < 4.78 is 42.8. The second-order valence-electron chi connectivity index (χ2n) is 4.82. The Morgan fingerprint density at radius 2 is 0.733 bits per heavy atom. The fraction of sp³-hybridized carbons (Fsp3) is 1.00. The molecule has 14 nitrogen and oxygen atoms in total. The van der Waals surface area contributed by atoms with Gasteiger partial charge in [0, 0.05) is 31.9 Å². The Kier molecular flexibility index (Phi) is 47.6. The Labute approximate surface area is 397 Å². The summed E-state index contributed by atoms with van der Waals surface area (Å²) in [4.78, 5) is 84.2. The molecule has 0 rings (SSSR count). The first-order chi connectivity index (χ1) is 10.4. The van der Waals surface area contributed by atoms with Crippen molar-refractivity contribution in [3.05, 3.63) is 0 Å². The number of rotatable bonds is 11. The van der Waals surface area contributed by atoms with Crippen LogP contribution in [0.3, 0.4) is 0 Å². The molecule has 0 heterocycles.